The Bertz CT molecular complexity index is 404. The molecule has 0 heterocycles. The van der Waals surface area contributed by atoms with Crippen LogP contribution in [0.4, 0.5) is 5.69 Å². The summed E-state index contributed by atoms with van der Waals surface area (Å²) in [6.07, 6.45) is 0. The van der Waals surface area contributed by atoms with Gasteiger partial charge in [0.2, 0.25) is 0 Å². The lowest BCUT2D eigenvalue weighted by atomic mass is 10.3. The fourth-order valence-electron chi connectivity index (χ4n) is 1.26. The number of nitrogens with zero attached hydrogens (tertiary/aromatic N) is 1. The van der Waals surface area contributed by atoms with E-state index in [4.69, 9.17) is 20.5 Å². The molecular formula is C12H19N5O2. The lowest BCUT2D eigenvalue weighted by Gasteiger charge is -2.22. The fourth-order valence-corrected chi connectivity index (χ4v) is 1.26. The molecule has 0 aliphatic carbocycles. The van der Waals surface area contributed by atoms with Crippen LogP contribution < -0.4 is 10.6 Å². The van der Waals surface area contributed by atoms with E-state index in [1.807, 2.05) is 30.3 Å². The van der Waals surface area contributed by atoms with Crippen LogP contribution in [0.1, 0.15) is 13.8 Å². The summed E-state index contributed by atoms with van der Waals surface area (Å²) in [6.45, 7) is 4.30. The van der Waals surface area contributed by atoms with E-state index < -0.39 is 0 Å². The third-order valence-electron chi connectivity index (χ3n) is 1.96. The molecule has 0 aliphatic rings. The number of para-hydroxylation sites is 1. The van der Waals surface area contributed by atoms with Crippen molar-refractivity contribution in [2.75, 3.05) is 18.5 Å². The summed E-state index contributed by atoms with van der Waals surface area (Å²) in [7, 11) is 0. The van der Waals surface area contributed by atoms with Crippen LogP contribution in [-0.2, 0) is 9.68 Å². The first kappa shape index (κ1) is 14.9. The van der Waals surface area contributed by atoms with Crippen LogP contribution in [0.15, 0.2) is 30.3 Å². The third kappa shape index (κ3) is 5.36. The Morgan fingerprint density at radius 3 is 2.21 bits per heavy atom. The molecule has 1 aromatic rings. The highest BCUT2D eigenvalue weighted by atomic mass is 16.9. The number of benzene rings is 1. The minimum Gasteiger partial charge on any atom is -0.326 e. The van der Waals surface area contributed by atoms with Crippen LogP contribution in [0.25, 0.3) is 0 Å². The maximum Gasteiger partial charge on any atom is 0.251 e. The van der Waals surface area contributed by atoms with Gasteiger partial charge in [-0.1, -0.05) is 23.4 Å². The predicted octanol–water partition coefficient (Wildman–Crippen LogP) is 1.76. The average molecular weight is 265 g/mol. The molecule has 104 valence electrons. The second kappa shape index (κ2) is 8.06. The monoisotopic (exact) mass is 265 g/mol. The first-order valence-corrected chi connectivity index (χ1v) is 5.99. The normalized spacial score (nSPS) is 9.79. The van der Waals surface area contributed by atoms with Gasteiger partial charge < -0.3 is 5.32 Å². The SMILES string of the molecule is CCON(OCC)C(=N)NC(=N)Nc1ccccc1. The van der Waals surface area contributed by atoms with Crippen molar-refractivity contribution in [2.45, 2.75) is 13.8 Å². The van der Waals surface area contributed by atoms with Crippen LogP contribution >= 0.6 is 0 Å². The van der Waals surface area contributed by atoms with E-state index in [1.54, 1.807) is 13.8 Å². The molecule has 0 unspecified atom stereocenters. The molecule has 0 atom stereocenters. The van der Waals surface area contributed by atoms with Crippen molar-refractivity contribution in [1.29, 1.82) is 10.8 Å². The summed E-state index contributed by atoms with van der Waals surface area (Å²) in [4.78, 5) is 10.2. The highest BCUT2D eigenvalue weighted by Gasteiger charge is 2.12. The quantitative estimate of drug-likeness (QED) is 0.370. The second-order valence-corrected chi connectivity index (χ2v) is 3.43. The summed E-state index contributed by atoms with van der Waals surface area (Å²) >= 11 is 0. The predicted molar refractivity (Wildman–Crippen MR) is 73.7 cm³/mol. The van der Waals surface area contributed by atoms with Crippen LogP contribution in [0.5, 0.6) is 0 Å². The number of hydrogen-bond acceptors (Lipinski definition) is 4. The Kier molecular flexibility index (Phi) is 6.34. The minimum absolute atomic E-state index is 0.0411. The van der Waals surface area contributed by atoms with Crippen molar-refractivity contribution in [3.63, 3.8) is 0 Å². The maximum absolute atomic E-state index is 7.73. The zero-order valence-electron chi connectivity index (χ0n) is 11.1. The van der Waals surface area contributed by atoms with Crippen LogP contribution in [0.2, 0.25) is 0 Å². The highest BCUT2D eigenvalue weighted by Crippen LogP contribution is 2.04. The fraction of sp³-hybridized carbons (Fsp3) is 0.333. The molecule has 0 spiro atoms. The van der Waals surface area contributed by atoms with Gasteiger partial charge in [0.15, 0.2) is 5.96 Å². The molecule has 0 aliphatic heterocycles. The van der Waals surface area contributed by atoms with Gasteiger partial charge in [0, 0.05) is 5.69 Å². The molecule has 0 radical (unpaired) electrons. The number of rotatable bonds is 5. The van der Waals surface area contributed by atoms with Gasteiger partial charge in [0.05, 0.1) is 13.2 Å². The minimum atomic E-state index is -0.169. The molecule has 0 aromatic heterocycles. The van der Waals surface area contributed by atoms with E-state index in [2.05, 4.69) is 10.6 Å². The topological polar surface area (TPSA) is 93.5 Å². The molecule has 0 saturated carbocycles. The van der Waals surface area contributed by atoms with Crippen molar-refractivity contribution < 1.29 is 9.68 Å². The lowest BCUT2D eigenvalue weighted by molar-refractivity contribution is -0.314. The first-order valence-electron chi connectivity index (χ1n) is 5.99. The summed E-state index contributed by atoms with van der Waals surface area (Å²) < 4.78 is 0. The van der Waals surface area contributed by atoms with Crippen molar-refractivity contribution in [1.82, 2.24) is 10.5 Å². The van der Waals surface area contributed by atoms with E-state index in [0.29, 0.717) is 13.2 Å². The molecule has 1 rings (SSSR count). The zero-order chi connectivity index (χ0) is 14.1. The van der Waals surface area contributed by atoms with Crippen molar-refractivity contribution in [3.8, 4) is 0 Å². The van der Waals surface area contributed by atoms with Gasteiger partial charge in [-0.3, -0.25) is 16.1 Å². The Labute approximate surface area is 112 Å². The van der Waals surface area contributed by atoms with Crippen LogP contribution in [0, 0.1) is 10.8 Å². The maximum atomic E-state index is 7.73. The average Bonchev–Trinajstić information content (AvgIpc) is 2.39. The molecule has 19 heavy (non-hydrogen) atoms. The Hall–Kier alpha value is -2.12. The Balaban J connectivity index is 2.48. The molecule has 0 amide bonds. The summed E-state index contributed by atoms with van der Waals surface area (Å²) in [5.41, 5.74) is 0.757. The lowest BCUT2D eigenvalue weighted by Crippen LogP contribution is -2.45. The van der Waals surface area contributed by atoms with Crippen LogP contribution in [0.3, 0.4) is 0 Å². The molecule has 7 nitrogen and oxygen atoms in total. The molecule has 0 saturated heterocycles. The van der Waals surface area contributed by atoms with E-state index in [0.717, 1.165) is 10.9 Å². The van der Waals surface area contributed by atoms with Crippen molar-refractivity contribution in [2.24, 2.45) is 0 Å². The largest absolute Gasteiger partial charge is 0.326 e. The van der Waals surface area contributed by atoms with Gasteiger partial charge >= 0.3 is 0 Å². The van der Waals surface area contributed by atoms with Crippen molar-refractivity contribution in [3.05, 3.63) is 30.3 Å². The number of hydroxylamine groups is 2. The summed E-state index contributed by atoms with van der Waals surface area (Å²) in [6, 6.07) is 9.24. The van der Waals surface area contributed by atoms with Crippen LogP contribution in [-0.4, -0.2) is 30.4 Å². The number of guanidine groups is 2. The van der Waals surface area contributed by atoms with E-state index >= 15 is 0 Å². The molecule has 1 aromatic carbocycles. The van der Waals surface area contributed by atoms with Crippen molar-refractivity contribution >= 4 is 17.6 Å². The van der Waals surface area contributed by atoms with Gasteiger partial charge in [-0.2, -0.15) is 0 Å². The van der Waals surface area contributed by atoms with E-state index in [9.17, 15) is 0 Å². The molecule has 0 fully saturated rings. The second-order valence-electron chi connectivity index (χ2n) is 3.43. The van der Waals surface area contributed by atoms with Gasteiger partial charge in [0.1, 0.15) is 0 Å². The zero-order valence-corrected chi connectivity index (χ0v) is 11.1. The van der Waals surface area contributed by atoms with Gasteiger partial charge in [-0.25, -0.2) is 9.68 Å². The van der Waals surface area contributed by atoms with E-state index in [1.165, 1.54) is 0 Å². The van der Waals surface area contributed by atoms with E-state index in [-0.39, 0.29) is 11.9 Å². The smallest absolute Gasteiger partial charge is 0.251 e. The summed E-state index contributed by atoms with van der Waals surface area (Å²) in [5, 5.41) is 21.7. The summed E-state index contributed by atoms with van der Waals surface area (Å²) in [5.74, 6) is -0.210. The number of nitrogens with one attached hydrogen (secondary N) is 4. The Morgan fingerprint density at radius 2 is 1.68 bits per heavy atom. The molecule has 0 bridgehead atoms. The molecule has 7 heteroatoms. The highest BCUT2D eigenvalue weighted by molar-refractivity contribution is 6.02. The van der Waals surface area contributed by atoms with Gasteiger partial charge in [-0.15, -0.1) is 0 Å². The number of anilines is 1. The van der Waals surface area contributed by atoms with Gasteiger partial charge in [-0.05, 0) is 26.0 Å². The Morgan fingerprint density at radius 1 is 1.11 bits per heavy atom. The number of hydrogen-bond donors (Lipinski definition) is 4. The van der Waals surface area contributed by atoms with Gasteiger partial charge in [0.25, 0.3) is 5.96 Å². The third-order valence-corrected chi connectivity index (χ3v) is 1.96. The standard InChI is InChI=1S/C12H19N5O2/c1-3-18-17(19-4-2)12(14)16-11(13)15-10-8-6-5-7-9-10/h5-9H,3-4H2,1-2H3,(H4,13,14,15,16). The molecular weight excluding hydrogens is 246 g/mol. The first-order chi connectivity index (χ1) is 9.17. The molecule has 4 N–H and O–H groups in total.